The molecule has 2 aromatic rings. The second-order valence-electron chi connectivity index (χ2n) is 9.98. The van der Waals surface area contributed by atoms with Gasteiger partial charge in [0, 0.05) is 23.6 Å². The first kappa shape index (κ1) is 18.0. The molecule has 158 valence electrons. The fourth-order valence-electron chi connectivity index (χ4n) is 7.06. The molecule has 3 aliphatic heterocycles. The van der Waals surface area contributed by atoms with Crippen LogP contribution in [-0.4, -0.2) is 18.8 Å². The zero-order valence-electron chi connectivity index (χ0n) is 18.3. The Morgan fingerprint density at radius 1 is 0.848 bits per heavy atom. The minimum Gasteiger partial charge on any atom is -0.458 e. The lowest BCUT2D eigenvalue weighted by molar-refractivity contribution is 0.485. The van der Waals surface area contributed by atoms with E-state index in [0.29, 0.717) is 36.4 Å². The highest BCUT2D eigenvalue weighted by molar-refractivity contribution is 6.90. The molecule has 0 saturated heterocycles. The summed E-state index contributed by atoms with van der Waals surface area (Å²) in [7, 11) is 0. The molecule has 33 heavy (non-hydrogen) atoms. The first-order valence-corrected chi connectivity index (χ1v) is 12.2. The van der Waals surface area contributed by atoms with E-state index in [0.717, 1.165) is 17.9 Å². The van der Waals surface area contributed by atoms with Crippen LogP contribution in [0.15, 0.2) is 109 Å². The Hall–Kier alpha value is -3.46. The Kier molecular flexibility index (Phi) is 3.57. The summed E-state index contributed by atoms with van der Waals surface area (Å²) < 4.78 is 6.49. The van der Waals surface area contributed by atoms with E-state index in [1.54, 1.807) is 0 Å². The molecule has 0 amide bonds. The Balaban J connectivity index is 1.34. The van der Waals surface area contributed by atoms with Gasteiger partial charge in [-0.15, -0.1) is 0 Å². The molecule has 0 fully saturated rings. The van der Waals surface area contributed by atoms with Crippen LogP contribution in [-0.2, 0) is 0 Å². The number of fused-ring (bicyclic) bond motifs is 8. The van der Waals surface area contributed by atoms with Crippen molar-refractivity contribution in [1.29, 1.82) is 0 Å². The monoisotopic (exact) mass is 425 g/mol. The zero-order chi connectivity index (χ0) is 21.5. The molecule has 2 nitrogen and oxygen atoms in total. The largest absolute Gasteiger partial charge is 0.458 e. The third-order valence-corrected chi connectivity index (χ3v) is 8.42. The molecule has 6 aliphatic rings. The van der Waals surface area contributed by atoms with E-state index in [1.165, 1.54) is 27.7 Å². The summed E-state index contributed by atoms with van der Waals surface area (Å²) in [5, 5.41) is 0. The number of rotatable bonds is 1. The number of hydrogen-bond acceptors (Lipinski definition) is 2. The Labute approximate surface area is 195 Å². The predicted octanol–water partition coefficient (Wildman–Crippen LogP) is 5.18. The molecule has 0 radical (unpaired) electrons. The highest BCUT2D eigenvalue weighted by Gasteiger charge is 2.53. The number of ether oxygens (including phenoxy) is 1. The fraction of sp³-hybridized carbons (Fsp3) is 0.200. The molecule has 5 atom stereocenters. The average Bonchev–Trinajstić information content (AvgIpc) is 3.22. The van der Waals surface area contributed by atoms with Crippen molar-refractivity contribution < 1.29 is 4.74 Å². The van der Waals surface area contributed by atoms with E-state index in [-0.39, 0.29) is 0 Å². The number of benzene rings is 2. The number of allylic oxidation sites excluding steroid dienone is 8. The van der Waals surface area contributed by atoms with E-state index < -0.39 is 0 Å². The first-order chi connectivity index (χ1) is 16.4. The molecule has 3 heteroatoms. The maximum absolute atomic E-state index is 6.49. The van der Waals surface area contributed by atoms with Crippen molar-refractivity contribution in [3.05, 3.63) is 114 Å². The van der Waals surface area contributed by atoms with Gasteiger partial charge in [0.15, 0.2) is 0 Å². The van der Waals surface area contributed by atoms with Crippen LogP contribution in [0.1, 0.15) is 17.9 Å². The molecule has 0 spiro atoms. The quantitative estimate of drug-likeness (QED) is 0.584. The minimum absolute atomic E-state index is 0.335. The zero-order valence-corrected chi connectivity index (χ0v) is 18.3. The van der Waals surface area contributed by atoms with Crippen LogP contribution in [0.5, 0.6) is 11.5 Å². The topological polar surface area (TPSA) is 12.5 Å². The fourth-order valence-corrected chi connectivity index (χ4v) is 7.06. The van der Waals surface area contributed by atoms with Crippen LogP contribution in [0, 0.1) is 5.92 Å². The molecule has 8 rings (SSSR count). The van der Waals surface area contributed by atoms with Gasteiger partial charge in [0.05, 0.1) is 6.04 Å². The maximum Gasteiger partial charge on any atom is 0.231 e. The van der Waals surface area contributed by atoms with E-state index >= 15 is 0 Å². The molecule has 3 aliphatic carbocycles. The molecule has 5 unspecified atom stereocenters. The lowest BCUT2D eigenvalue weighted by Gasteiger charge is -2.48. The van der Waals surface area contributed by atoms with Gasteiger partial charge in [-0.1, -0.05) is 91.1 Å². The number of anilines is 1. The Bertz CT molecular complexity index is 1380. The SMILES string of the molecule is C1=CCC(C2=CC3c4ccc5c6c4N(C4C=CC=CC4B6c4ccccc4O5)C3C=C2)C=C1. The van der Waals surface area contributed by atoms with Crippen molar-refractivity contribution in [3.63, 3.8) is 0 Å². The van der Waals surface area contributed by atoms with Crippen molar-refractivity contribution >= 4 is 23.3 Å². The second-order valence-corrected chi connectivity index (χ2v) is 9.98. The van der Waals surface area contributed by atoms with Crippen molar-refractivity contribution in [3.8, 4) is 11.5 Å². The van der Waals surface area contributed by atoms with Crippen molar-refractivity contribution in [2.45, 2.75) is 30.2 Å². The van der Waals surface area contributed by atoms with E-state index in [9.17, 15) is 0 Å². The summed E-state index contributed by atoms with van der Waals surface area (Å²) in [6, 6.07) is 13.9. The summed E-state index contributed by atoms with van der Waals surface area (Å²) in [4.78, 5) is 2.71. The molecule has 0 aromatic heterocycles. The highest BCUT2D eigenvalue weighted by Crippen LogP contribution is 2.53. The number of nitrogens with zero attached hydrogens (tertiary/aromatic N) is 1. The number of hydrogen-bond donors (Lipinski definition) is 0. The van der Waals surface area contributed by atoms with Crippen molar-refractivity contribution in [1.82, 2.24) is 0 Å². The smallest absolute Gasteiger partial charge is 0.231 e. The van der Waals surface area contributed by atoms with E-state index in [1.807, 2.05) is 0 Å². The third-order valence-electron chi connectivity index (χ3n) is 8.42. The summed E-state index contributed by atoms with van der Waals surface area (Å²) in [6.45, 7) is 0.335. The lowest BCUT2D eigenvalue weighted by Crippen LogP contribution is -2.61. The molecular weight excluding hydrogens is 401 g/mol. The standard InChI is InChI=1S/C30H24BNO/c1-2-8-19(9-3-1)20-14-16-25-22(18-20)21-15-17-28-29-30(21)32(25)26-12-6-4-10-23(26)31(29)24-11-5-7-13-27(24)33-28/h1-8,10-19,22-23,25-26H,9H2. The van der Waals surface area contributed by atoms with Gasteiger partial charge >= 0.3 is 0 Å². The van der Waals surface area contributed by atoms with Crippen LogP contribution in [0.3, 0.4) is 0 Å². The normalized spacial score (nSPS) is 30.9. The van der Waals surface area contributed by atoms with Crippen LogP contribution in [0.4, 0.5) is 5.69 Å². The van der Waals surface area contributed by atoms with E-state index in [4.69, 9.17) is 4.74 Å². The van der Waals surface area contributed by atoms with Gasteiger partial charge in [-0.05, 0) is 46.4 Å². The van der Waals surface area contributed by atoms with Crippen LogP contribution in [0.2, 0.25) is 5.82 Å². The van der Waals surface area contributed by atoms with E-state index in [2.05, 4.69) is 108 Å². The molecule has 0 saturated carbocycles. The number of para-hydroxylation sites is 1. The van der Waals surface area contributed by atoms with Gasteiger partial charge in [-0.25, -0.2) is 0 Å². The van der Waals surface area contributed by atoms with Crippen LogP contribution < -0.4 is 20.6 Å². The maximum atomic E-state index is 6.49. The lowest BCUT2D eigenvalue weighted by atomic mass is 9.29. The van der Waals surface area contributed by atoms with Gasteiger partial charge < -0.3 is 9.64 Å². The summed E-state index contributed by atoms with van der Waals surface area (Å²) in [5.74, 6) is 3.34. The van der Waals surface area contributed by atoms with Gasteiger partial charge in [0.2, 0.25) is 6.71 Å². The summed E-state index contributed by atoms with van der Waals surface area (Å²) in [5.41, 5.74) is 7.06. The molecule has 3 heterocycles. The van der Waals surface area contributed by atoms with Gasteiger partial charge in [-0.3, -0.25) is 0 Å². The third kappa shape index (κ3) is 2.35. The van der Waals surface area contributed by atoms with Crippen molar-refractivity contribution in [2.75, 3.05) is 4.90 Å². The van der Waals surface area contributed by atoms with Crippen LogP contribution >= 0.6 is 0 Å². The second kappa shape index (κ2) is 6.54. The van der Waals surface area contributed by atoms with Crippen molar-refractivity contribution in [2.24, 2.45) is 5.92 Å². The molecule has 0 bridgehead atoms. The van der Waals surface area contributed by atoms with Gasteiger partial charge in [-0.2, -0.15) is 0 Å². The van der Waals surface area contributed by atoms with Gasteiger partial charge in [0.1, 0.15) is 11.5 Å². The van der Waals surface area contributed by atoms with Crippen LogP contribution in [0.25, 0.3) is 0 Å². The Morgan fingerprint density at radius 3 is 2.70 bits per heavy atom. The average molecular weight is 425 g/mol. The summed E-state index contributed by atoms with van der Waals surface area (Å²) >= 11 is 0. The first-order valence-electron chi connectivity index (χ1n) is 12.2. The molecule has 0 N–H and O–H groups in total. The summed E-state index contributed by atoms with van der Waals surface area (Å²) in [6.07, 6.45) is 26.8. The van der Waals surface area contributed by atoms with Gasteiger partial charge in [0.25, 0.3) is 0 Å². The highest BCUT2D eigenvalue weighted by atomic mass is 16.5. The predicted molar refractivity (Wildman–Crippen MR) is 136 cm³/mol. The minimum atomic E-state index is 0.335. The Morgan fingerprint density at radius 2 is 1.76 bits per heavy atom. The molecule has 2 aromatic carbocycles. The molecular formula is C30H24BNO.